The summed E-state index contributed by atoms with van der Waals surface area (Å²) in [5.41, 5.74) is 2.36. The molecule has 1 saturated carbocycles. The summed E-state index contributed by atoms with van der Waals surface area (Å²) in [6.07, 6.45) is 4.30. The van der Waals surface area contributed by atoms with Crippen LogP contribution in [0.1, 0.15) is 59.3 Å². The van der Waals surface area contributed by atoms with Crippen molar-refractivity contribution in [2.75, 3.05) is 13.7 Å². The molecule has 2 N–H and O–H groups in total. The van der Waals surface area contributed by atoms with Gasteiger partial charge in [0.05, 0.1) is 36.9 Å². The summed E-state index contributed by atoms with van der Waals surface area (Å²) in [6.45, 7) is 6.35. The van der Waals surface area contributed by atoms with Crippen LogP contribution < -0.4 is 0 Å². The minimum absolute atomic E-state index is 0.0419. The van der Waals surface area contributed by atoms with E-state index in [9.17, 15) is 15.0 Å². The third-order valence-corrected chi connectivity index (χ3v) is 10.1. The molecule has 12 atom stereocenters. The molecule has 0 aromatic carbocycles. The van der Waals surface area contributed by atoms with Gasteiger partial charge in [-0.2, -0.15) is 0 Å². The molecule has 0 spiro atoms. The van der Waals surface area contributed by atoms with Crippen molar-refractivity contribution in [3.8, 4) is 0 Å². The van der Waals surface area contributed by atoms with E-state index in [1.807, 2.05) is 13.2 Å². The summed E-state index contributed by atoms with van der Waals surface area (Å²) in [7, 11) is 1.47. The zero-order valence-electron chi connectivity index (χ0n) is 22.1. The number of allylic oxidation sites excluding steroid dienone is 1. The quantitative estimate of drug-likeness (QED) is 0.428. The normalized spacial score (nSPS) is 51.2. The zero-order chi connectivity index (χ0) is 26.1. The molecule has 3 saturated heterocycles. The molecule has 9 heteroatoms. The number of aliphatic hydroxyl groups excluding tert-OH is 2. The number of rotatable bonds is 3. The molecule has 0 amide bonds. The summed E-state index contributed by atoms with van der Waals surface area (Å²) in [5.74, 6) is -0.910. The van der Waals surface area contributed by atoms with Crippen LogP contribution in [0.25, 0.3) is 0 Å². The maximum absolute atomic E-state index is 13.5. The number of aliphatic hydroxyl groups is 2. The number of hydrogen-bond donors (Lipinski definition) is 2. The second-order valence-corrected chi connectivity index (χ2v) is 12.1. The van der Waals surface area contributed by atoms with E-state index in [2.05, 4.69) is 13.0 Å². The van der Waals surface area contributed by atoms with Crippen LogP contribution in [-0.4, -0.2) is 78.6 Å². The van der Waals surface area contributed by atoms with Crippen LogP contribution >= 0.6 is 0 Å². The van der Waals surface area contributed by atoms with Gasteiger partial charge in [0.15, 0.2) is 6.29 Å². The van der Waals surface area contributed by atoms with Gasteiger partial charge in [-0.25, -0.2) is 0 Å². The van der Waals surface area contributed by atoms with Crippen molar-refractivity contribution in [2.24, 2.45) is 23.2 Å². The molecular weight excluding hydrogens is 480 g/mol. The first-order chi connectivity index (χ1) is 17.6. The molecule has 6 aliphatic rings. The van der Waals surface area contributed by atoms with Crippen molar-refractivity contribution >= 4 is 5.97 Å². The molecule has 37 heavy (non-hydrogen) atoms. The lowest BCUT2D eigenvalue weighted by molar-refractivity contribution is -0.309. The van der Waals surface area contributed by atoms with E-state index in [-0.39, 0.29) is 41.3 Å². The van der Waals surface area contributed by atoms with Crippen LogP contribution in [0.2, 0.25) is 0 Å². The molecule has 0 bridgehead atoms. The van der Waals surface area contributed by atoms with Gasteiger partial charge in [0.25, 0.3) is 0 Å². The highest BCUT2D eigenvalue weighted by Gasteiger charge is 2.58. The molecular formula is C28H40O9. The number of ether oxygens (including phenoxy) is 6. The van der Waals surface area contributed by atoms with Gasteiger partial charge in [-0.3, -0.25) is 4.79 Å². The number of carbonyl (C=O) groups excluding carboxylic acids is 1. The molecule has 0 aromatic rings. The van der Waals surface area contributed by atoms with Gasteiger partial charge < -0.3 is 38.6 Å². The molecule has 0 radical (unpaired) electrons. The Morgan fingerprint density at radius 2 is 1.97 bits per heavy atom. The molecule has 4 aliphatic heterocycles. The first kappa shape index (κ1) is 25.8. The van der Waals surface area contributed by atoms with Gasteiger partial charge >= 0.3 is 5.97 Å². The van der Waals surface area contributed by atoms with Crippen molar-refractivity contribution in [1.82, 2.24) is 0 Å². The SMILES string of the molecule is CO[C@@H]1[C@@H](O)[C@H](O[C@@H]2CC[C@]3(C)C(=CC[C@H]4C(=O)O[C@H]5CO[C@]6(C)OC=C(CC[C@@H]43)[C@H]56)C2)O[C@H](C)[C@H]1O. The molecule has 9 nitrogen and oxygen atoms in total. The van der Waals surface area contributed by atoms with E-state index in [1.54, 1.807) is 6.92 Å². The first-order valence-corrected chi connectivity index (χ1v) is 13.7. The highest BCUT2D eigenvalue weighted by molar-refractivity contribution is 5.74. The molecule has 4 heterocycles. The third kappa shape index (κ3) is 4.08. The maximum Gasteiger partial charge on any atom is 0.309 e. The van der Waals surface area contributed by atoms with Crippen molar-refractivity contribution in [2.45, 2.75) is 108 Å². The Hall–Kier alpha value is -1.49. The predicted octanol–water partition coefficient (Wildman–Crippen LogP) is 2.59. The molecule has 0 aromatic heterocycles. The van der Waals surface area contributed by atoms with Crippen molar-refractivity contribution in [3.63, 3.8) is 0 Å². The largest absolute Gasteiger partial charge is 0.469 e. The monoisotopic (exact) mass is 520 g/mol. The van der Waals surface area contributed by atoms with Crippen LogP contribution in [0.3, 0.4) is 0 Å². The minimum atomic E-state index is -1.07. The van der Waals surface area contributed by atoms with E-state index < -0.39 is 36.5 Å². The fourth-order valence-corrected chi connectivity index (χ4v) is 7.89. The number of esters is 1. The standard InChI is InChI=1S/C28H40O9/c1-14-22(29)24(32-4)23(30)26(35-14)36-17-9-10-27(2)16(11-17)6-7-18-19(27)8-5-15-12-33-28(3)21(15)20(13-34-28)37-25(18)31/h6,12,14,17-24,26,29-30H,5,7-11,13H2,1-4H3/t14-,17-,18-,19+,20+,21-,22-,23-,24+,26+,27-,28+/m1/s1. The van der Waals surface area contributed by atoms with Gasteiger partial charge in [-0.15, -0.1) is 0 Å². The number of hydrogen-bond acceptors (Lipinski definition) is 9. The second kappa shape index (κ2) is 9.31. The smallest absolute Gasteiger partial charge is 0.309 e. The Morgan fingerprint density at radius 1 is 1.16 bits per heavy atom. The predicted molar refractivity (Wildman–Crippen MR) is 130 cm³/mol. The van der Waals surface area contributed by atoms with Gasteiger partial charge in [0.1, 0.15) is 24.4 Å². The second-order valence-electron chi connectivity index (χ2n) is 12.1. The summed E-state index contributed by atoms with van der Waals surface area (Å²) >= 11 is 0. The topological polar surface area (TPSA) is 113 Å². The van der Waals surface area contributed by atoms with Gasteiger partial charge in [-0.1, -0.05) is 18.6 Å². The van der Waals surface area contributed by atoms with Gasteiger partial charge in [0.2, 0.25) is 5.79 Å². The van der Waals surface area contributed by atoms with Crippen LogP contribution in [0.4, 0.5) is 0 Å². The lowest BCUT2D eigenvalue weighted by Crippen LogP contribution is -2.59. The molecule has 0 unspecified atom stereocenters. The summed E-state index contributed by atoms with van der Waals surface area (Å²) in [5, 5.41) is 21.0. The van der Waals surface area contributed by atoms with Crippen molar-refractivity contribution < 1.29 is 43.4 Å². The fourth-order valence-electron chi connectivity index (χ4n) is 7.89. The van der Waals surface area contributed by atoms with E-state index >= 15 is 0 Å². The van der Waals surface area contributed by atoms with Gasteiger partial charge in [-0.05, 0) is 62.4 Å². The fraction of sp³-hybridized carbons (Fsp3) is 0.821. The third-order valence-electron chi connectivity index (χ3n) is 10.1. The Bertz CT molecular complexity index is 979. The minimum Gasteiger partial charge on any atom is -0.469 e. The molecule has 206 valence electrons. The summed E-state index contributed by atoms with van der Waals surface area (Å²) in [6, 6.07) is 0. The van der Waals surface area contributed by atoms with Gasteiger partial charge in [0, 0.05) is 14.0 Å². The van der Waals surface area contributed by atoms with E-state index in [0.717, 1.165) is 32.1 Å². The molecule has 4 fully saturated rings. The van der Waals surface area contributed by atoms with E-state index in [0.29, 0.717) is 13.0 Å². The van der Waals surface area contributed by atoms with Crippen LogP contribution in [-0.2, 0) is 33.2 Å². The summed E-state index contributed by atoms with van der Waals surface area (Å²) in [4.78, 5) is 13.5. The first-order valence-electron chi connectivity index (χ1n) is 13.7. The zero-order valence-corrected chi connectivity index (χ0v) is 22.1. The lowest BCUT2D eigenvalue weighted by atomic mass is 9.55. The van der Waals surface area contributed by atoms with Crippen LogP contribution in [0.15, 0.2) is 23.5 Å². The van der Waals surface area contributed by atoms with E-state index in [4.69, 9.17) is 28.4 Å². The van der Waals surface area contributed by atoms with Crippen molar-refractivity contribution in [3.05, 3.63) is 23.5 Å². The maximum atomic E-state index is 13.5. The Balaban J connectivity index is 1.19. The average Bonchev–Trinajstić information content (AvgIpc) is 3.38. The van der Waals surface area contributed by atoms with Crippen molar-refractivity contribution in [1.29, 1.82) is 0 Å². The number of fused-ring (bicyclic) bond motifs is 3. The summed E-state index contributed by atoms with van der Waals surface area (Å²) < 4.78 is 35.3. The van der Waals surface area contributed by atoms with Crippen LogP contribution in [0, 0.1) is 23.2 Å². The Labute approximate surface area is 218 Å². The number of methoxy groups -OCH3 is 1. The molecule has 2 aliphatic carbocycles. The average molecular weight is 521 g/mol. The Kier molecular flexibility index (Phi) is 6.49. The molecule has 6 rings (SSSR count). The number of carbonyl (C=O) groups is 1. The lowest BCUT2D eigenvalue weighted by Gasteiger charge is -2.51. The Morgan fingerprint density at radius 3 is 2.76 bits per heavy atom. The van der Waals surface area contributed by atoms with Crippen LogP contribution in [0.5, 0.6) is 0 Å². The van der Waals surface area contributed by atoms with E-state index in [1.165, 1.54) is 18.3 Å². The highest BCUT2D eigenvalue weighted by Crippen LogP contribution is 2.57. The highest BCUT2D eigenvalue weighted by atomic mass is 16.7.